The second-order valence-electron chi connectivity index (χ2n) is 11.7. The molecule has 2 heterocycles. The molecule has 2 aromatic rings. The maximum Gasteiger partial charge on any atom is 0.289 e. The van der Waals surface area contributed by atoms with E-state index in [0.29, 0.717) is 31.5 Å². The van der Waals surface area contributed by atoms with Crippen LogP contribution in [0.3, 0.4) is 0 Å². The van der Waals surface area contributed by atoms with Crippen molar-refractivity contribution in [3.63, 3.8) is 0 Å². The fourth-order valence-electron chi connectivity index (χ4n) is 6.03. The molecule has 2 aromatic carbocycles. The largest absolute Gasteiger partial charge is 0.356 e. The Morgan fingerprint density at radius 2 is 1.77 bits per heavy atom. The molecule has 204 valence electrons. The number of hydrogen-bond acceptors (Lipinski definition) is 5. The highest BCUT2D eigenvalue weighted by Crippen LogP contribution is 2.55. The summed E-state index contributed by atoms with van der Waals surface area (Å²) < 4.78 is 0. The molecule has 3 N–H and O–H groups in total. The molecule has 39 heavy (non-hydrogen) atoms. The minimum absolute atomic E-state index is 0.00397. The summed E-state index contributed by atoms with van der Waals surface area (Å²) in [4.78, 5) is 67.3. The highest BCUT2D eigenvalue weighted by molar-refractivity contribution is 6.38. The van der Waals surface area contributed by atoms with Crippen molar-refractivity contribution in [1.82, 2.24) is 20.9 Å². The summed E-state index contributed by atoms with van der Waals surface area (Å²) in [6, 6.07) is 11.5. The van der Waals surface area contributed by atoms with Crippen molar-refractivity contribution < 1.29 is 24.0 Å². The van der Waals surface area contributed by atoms with Gasteiger partial charge >= 0.3 is 0 Å². The molecule has 9 nitrogen and oxygen atoms in total. The zero-order valence-electron chi connectivity index (χ0n) is 21.9. The average molecular weight is 531 g/mol. The molecular formula is C30H34N4O5. The Morgan fingerprint density at radius 1 is 1.00 bits per heavy atom. The van der Waals surface area contributed by atoms with Gasteiger partial charge in [0, 0.05) is 30.6 Å². The minimum atomic E-state index is -1.13. The Kier molecular flexibility index (Phi) is 6.61. The van der Waals surface area contributed by atoms with Crippen LogP contribution in [0.1, 0.15) is 61.7 Å². The molecule has 2 saturated heterocycles. The summed E-state index contributed by atoms with van der Waals surface area (Å²) in [6.45, 7) is 0.960. The molecule has 2 aliphatic heterocycles. The fraction of sp³-hybridized carbons (Fsp3) is 0.500. The monoisotopic (exact) mass is 530 g/mol. The number of carbonyl (C=O) groups excluding carboxylic acids is 5. The van der Waals surface area contributed by atoms with Gasteiger partial charge < -0.3 is 20.9 Å². The van der Waals surface area contributed by atoms with E-state index in [1.807, 2.05) is 36.4 Å². The van der Waals surface area contributed by atoms with Crippen LogP contribution in [0.2, 0.25) is 0 Å². The van der Waals surface area contributed by atoms with Gasteiger partial charge in [0.05, 0.1) is 6.04 Å². The molecule has 4 amide bonds. The Labute approximate surface area is 227 Å². The maximum atomic E-state index is 13.8. The van der Waals surface area contributed by atoms with Crippen molar-refractivity contribution >= 4 is 40.2 Å². The van der Waals surface area contributed by atoms with Gasteiger partial charge in [-0.05, 0) is 79.7 Å². The number of likely N-dealkylation sites (tertiary alicyclic amines) is 1. The van der Waals surface area contributed by atoms with Gasteiger partial charge in [-0.1, -0.05) is 30.3 Å². The lowest BCUT2D eigenvalue weighted by Crippen LogP contribution is -2.58. The van der Waals surface area contributed by atoms with Crippen LogP contribution >= 0.6 is 0 Å². The summed E-state index contributed by atoms with van der Waals surface area (Å²) in [5.41, 5.74) is 0.563. The zero-order valence-corrected chi connectivity index (χ0v) is 21.9. The smallest absolute Gasteiger partial charge is 0.289 e. The molecule has 3 atom stereocenters. The van der Waals surface area contributed by atoms with E-state index in [9.17, 15) is 24.0 Å². The third kappa shape index (κ3) is 5.40. The predicted octanol–water partition coefficient (Wildman–Crippen LogP) is 2.08. The molecule has 4 fully saturated rings. The number of carbonyl (C=O) groups is 5. The van der Waals surface area contributed by atoms with Gasteiger partial charge in [0.2, 0.25) is 17.6 Å². The second kappa shape index (κ2) is 10.1. The number of rotatable bonds is 8. The normalized spacial score (nSPS) is 24.2. The molecule has 0 bridgehead atoms. The van der Waals surface area contributed by atoms with Crippen LogP contribution in [-0.2, 0) is 19.2 Å². The van der Waals surface area contributed by atoms with E-state index in [1.165, 1.54) is 0 Å². The fourth-order valence-corrected chi connectivity index (χ4v) is 6.03. The number of piperidine rings is 1. The molecule has 1 spiro atoms. The van der Waals surface area contributed by atoms with Crippen LogP contribution in [0, 0.1) is 11.3 Å². The number of nitrogens with zero attached hydrogens (tertiary/aromatic N) is 1. The van der Waals surface area contributed by atoms with Gasteiger partial charge in [0.1, 0.15) is 6.04 Å². The number of fused-ring (bicyclic) bond motifs is 1. The summed E-state index contributed by atoms with van der Waals surface area (Å²) in [6.07, 6.45) is 5.66. The van der Waals surface area contributed by atoms with E-state index in [4.69, 9.17) is 0 Å². The number of ketones is 1. The SMILES string of the molecule is O=C(NC1CC1)C(=O)[C@H](C[C@@H]1CCNC1=O)NC(=O)[C@@H]1CC2(CCN1C(=O)c1ccc3ccccc3c1)CC2. The maximum absolute atomic E-state index is 13.8. The van der Waals surface area contributed by atoms with Crippen molar-refractivity contribution in [2.24, 2.45) is 11.3 Å². The summed E-state index contributed by atoms with van der Waals surface area (Å²) >= 11 is 0. The molecule has 9 heteroatoms. The van der Waals surface area contributed by atoms with Crippen LogP contribution < -0.4 is 16.0 Å². The van der Waals surface area contributed by atoms with Crippen molar-refractivity contribution in [2.45, 2.75) is 69.5 Å². The summed E-state index contributed by atoms with van der Waals surface area (Å²) in [7, 11) is 0. The van der Waals surface area contributed by atoms with Crippen molar-refractivity contribution in [3.05, 3.63) is 48.0 Å². The first kappa shape index (κ1) is 25.5. The van der Waals surface area contributed by atoms with Gasteiger partial charge in [-0.3, -0.25) is 24.0 Å². The van der Waals surface area contributed by atoms with Gasteiger partial charge in [0.25, 0.3) is 11.8 Å². The first-order valence-corrected chi connectivity index (χ1v) is 14.0. The Bertz CT molecular complexity index is 1350. The molecular weight excluding hydrogens is 496 g/mol. The van der Waals surface area contributed by atoms with Crippen LogP contribution in [0.15, 0.2) is 42.5 Å². The number of Topliss-reactive ketones (excluding diaryl/α,β-unsaturated/α-hetero) is 1. The molecule has 2 aliphatic carbocycles. The lowest BCUT2D eigenvalue weighted by molar-refractivity contribution is -0.141. The third-order valence-corrected chi connectivity index (χ3v) is 8.86. The topological polar surface area (TPSA) is 125 Å². The van der Waals surface area contributed by atoms with Crippen molar-refractivity contribution in [2.75, 3.05) is 13.1 Å². The average Bonchev–Trinajstić information content (AvgIpc) is 3.88. The van der Waals surface area contributed by atoms with Crippen molar-refractivity contribution in [3.8, 4) is 0 Å². The van der Waals surface area contributed by atoms with E-state index in [1.54, 1.807) is 11.0 Å². The predicted molar refractivity (Wildman–Crippen MR) is 144 cm³/mol. The molecule has 2 saturated carbocycles. The van der Waals surface area contributed by atoms with Crippen LogP contribution in [0.25, 0.3) is 10.8 Å². The zero-order chi connectivity index (χ0) is 27.1. The van der Waals surface area contributed by atoms with Gasteiger partial charge in [-0.15, -0.1) is 0 Å². The van der Waals surface area contributed by atoms with Gasteiger partial charge in [-0.2, -0.15) is 0 Å². The quantitative estimate of drug-likeness (QED) is 0.451. The lowest BCUT2D eigenvalue weighted by atomic mass is 9.86. The summed E-state index contributed by atoms with van der Waals surface area (Å²) in [5.74, 6) is -2.75. The number of hydrogen-bond donors (Lipinski definition) is 3. The highest BCUT2D eigenvalue weighted by atomic mass is 16.2. The molecule has 0 unspecified atom stereocenters. The van der Waals surface area contributed by atoms with Crippen LogP contribution in [-0.4, -0.2) is 65.5 Å². The Balaban J connectivity index is 1.23. The first-order chi connectivity index (χ1) is 18.8. The van der Waals surface area contributed by atoms with E-state index in [2.05, 4.69) is 16.0 Å². The molecule has 0 radical (unpaired) electrons. The first-order valence-electron chi connectivity index (χ1n) is 14.0. The van der Waals surface area contributed by atoms with E-state index in [0.717, 1.165) is 42.9 Å². The van der Waals surface area contributed by atoms with Crippen molar-refractivity contribution in [1.29, 1.82) is 0 Å². The van der Waals surface area contributed by atoms with Crippen LogP contribution in [0.5, 0.6) is 0 Å². The Morgan fingerprint density at radius 3 is 2.46 bits per heavy atom. The molecule has 6 rings (SSSR count). The summed E-state index contributed by atoms with van der Waals surface area (Å²) in [5, 5.41) is 10.3. The van der Waals surface area contributed by atoms with E-state index < -0.39 is 35.6 Å². The number of nitrogens with one attached hydrogen (secondary N) is 3. The minimum Gasteiger partial charge on any atom is -0.356 e. The Hall–Kier alpha value is -3.75. The number of benzene rings is 2. The van der Waals surface area contributed by atoms with E-state index >= 15 is 0 Å². The van der Waals surface area contributed by atoms with Crippen LogP contribution in [0.4, 0.5) is 0 Å². The second-order valence-corrected chi connectivity index (χ2v) is 11.7. The third-order valence-electron chi connectivity index (χ3n) is 8.86. The number of amides is 4. The molecule has 0 aromatic heterocycles. The van der Waals surface area contributed by atoms with Gasteiger partial charge in [-0.25, -0.2) is 0 Å². The van der Waals surface area contributed by atoms with E-state index in [-0.39, 0.29) is 29.7 Å². The standard InChI is InChI=1S/C30H34N4O5/c35-25(28(38)32-22-7-8-22)23(16-20-9-13-31-26(20)36)33-27(37)24-17-30(10-11-30)12-14-34(24)29(39)21-6-5-18-3-1-2-4-19(18)15-21/h1-6,15,20,22-24H,7-14,16-17H2,(H,31,36)(H,32,38)(H,33,37)/t20-,23-,24-/m0/s1. The van der Waals surface area contributed by atoms with Gasteiger partial charge in [0.15, 0.2) is 0 Å². The lowest BCUT2D eigenvalue weighted by Gasteiger charge is -2.39. The highest BCUT2D eigenvalue weighted by Gasteiger charge is 2.51. The molecule has 4 aliphatic rings.